The van der Waals surface area contributed by atoms with Crippen LogP contribution in [0, 0.1) is 0 Å². The van der Waals surface area contributed by atoms with Gasteiger partial charge in [0.25, 0.3) is 0 Å². The largest absolute Gasteiger partial charge is 0.508 e. The Morgan fingerprint density at radius 1 is 1.19 bits per heavy atom. The number of aryl methyl sites for hydroxylation is 1. The van der Waals surface area contributed by atoms with E-state index in [1.807, 2.05) is 13.1 Å². The van der Waals surface area contributed by atoms with E-state index in [0.29, 0.717) is 0 Å². The first-order valence-corrected chi connectivity index (χ1v) is 7.45. The summed E-state index contributed by atoms with van der Waals surface area (Å²) < 4.78 is 6.11. The average Bonchev–Trinajstić information content (AvgIpc) is 2.49. The van der Waals surface area contributed by atoms with Crippen LogP contribution in [0.4, 0.5) is 5.69 Å². The number of ether oxygens (including phenoxy) is 1. The molecule has 1 heterocycles. The molecule has 1 aliphatic heterocycles. The first kappa shape index (κ1) is 13.8. The van der Waals surface area contributed by atoms with Crippen molar-refractivity contribution >= 4 is 5.69 Å². The van der Waals surface area contributed by atoms with Gasteiger partial charge in [0.1, 0.15) is 17.6 Å². The van der Waals surface area contributed by atoms with Crippen molar-refractivity contribution in [1.82, 2.24) is 0 Å². The first-order valence-electron chi connectivity index (χ1n) is 7.45. The molecule has 0 spiro atoms. The standard InChI is InChI=1S/C18H21NO2/c1-3-13-6-4-5-7-14(13)10-16-12-19(2)17-11-15(20)8-9-18(17)21-16/h4-9,11,16,20H,3,10,12H2,1-2H3. The van der Waals surface area contributed by atoms with E-state index in [-0.39, 0.29) is 11.9 Å². The Bertz CT molecular complexity index is 639. The summed E-state index contributed by atoms with van der Waals surface area (Å²) in [7, 11) is 2.04. The molecule has 1 unspecified atom stereocenters. The van der Waals surface area contributed by atoms with Crippen LogP contribution in [-0.4, -0.2) is 24.8 Å². The van der Waals surface area contributed by atoms with Crippen LogP contribution in [0.3, 0.4) is 0 Å². The predicted molar refractivity (Wildman–Crippen MR) is 85.3 cm³/mol. The first-order chi connectivity index (χ1) is 10.2. The number of hydrogen-bond donors (Lipinski definition) is 1. The second-order valence-electron chi connectivity index (χ2n) is 5.60. The van der Waals surface area contributed by atoms with Gasteiger partial charge in [-0.3, -0.25) is 0 Å². The highest BCUT2D eigenvalue weighted by atomic mass is 16.5. The highest BCUT2D eigenvalue weighted by molar-refractivity contribution is 5.62. The average molecular weight is 283 g/mol. The van der Waals surface area contributed by atoms with Gasteiger partial charge in [-0.15, -0.1) is 0 Å². The van der Waals surface area contributed by atoms with Gasteiger partial charge in [0.05, 0.1) is 12.2 Å². The number of phenols is 1. The van der Waals surface area contributed by atoms with Gasteiger partial charge in [-0.2, -0.15) is 0 Å². The second-order valence-corrected chi connectivity index (χ2v) is 5.60. The van der Waals surface area contributed by atoms with Crippen LogP contribution >= 0.6 is 0 Å². The number of hydrogen-bond acceptors (Lipinski definition) is 3. The Balaban J connectivity index is 1.81. The van der Waals surface area contributed by atoms with Crippen LogP contribution in [0.1, 0.15) is 18.1 Å². The summed E-state index contributed by atoms with van der Waals surface area (Å²) in [6.07, 6.45) is 2.09. The summed E-state index contributed by atoms with van der Waals surface area (Å²) in [6.45, 7) is 3.01. The van der Waals surface area contributed by atoms with E-state index in [1.165, 1.54) is 11.1 Å². The molecular formula is C18H21NO2. The summed E-state index contributed by atoms with van der Waals surface area (Å²) >= 11 is 0. The Morgan fingerprint density at radius 2 is 1.95 bits per heavy atom. The van der Waals surface area contributed by atoms with Crippen LogP contribution in [0.5, 0.6) is 11.5 Å². The van der Waals surface area contributed by atoms with E-state index < -0.39 is 0 Å². The van der Waals surface area contributed by atoms with Crippen LogP contribution in [0.15, 0.2) is 42.5 Å². The minimum absolute atomic E-state index is 0.139. The molecule has 1 atom stereocenters. The fourth-order valence-electron chi connectivity index (χ4n) is 2.98. The lowest BCUT2D eigenvalue weighted by atomic mass is 9.99. The van der Waals surface area contributed by atoms with Gasteiger partial charge in [-0.05, 0) is 29.7 Å². The van der Waals surface area contributed by atoms with E-state index >= 15 is 0 Å². The topological polar surface area (TPSA) is 32.7 Å². The Kier molecular flexibility index (Phi) is 3.74. The Morgan fingerprint density at radius 3 is 2.71 bits per heavy atom. The van der Waals surface area contributed by atoms with Crippen molar-refractivity contribution in [3.05, 3.63) is 53.6 Å². The summed E-state index contributed by atoms with van der Waals surface area (Å²) in [4.78, 5) is 2.15. The zero-order valence-electron chi connectivity index (χ0n) is 12.5. The van der Waals surface area contributed by atoms with Crippen molar-refractivity contribution in [1.29, 1.82) is 0 Å². The number of benzene rings is 2. The third kappa shape index (κ3) is 2.82. The van der Waals surface area contributed by atoms with E-state index in [4.69, 9.17) is 4.74 Å². The maximum atomic E-state index is 9.59. The molecule has 2 aromatic rings. The van der Waals surface area contributed by atoms with Crippen molar-refractivity contribution in [2.45, 2.75) is 25.9 Å². The Labute approximate surface area is 125 Å². The van der Waals surface area contributed by atoms with Gasteiger partial charge in [-0.25, -0.2) is 0 Å². The normalized spacial score (nSPS) is 17.2. The van der Waals surface area contributed by atoms with Crippen LogP contribution < -0.4 is 9.64 Å². The van der Waals surface area contributed by atoms with Gasteiger partial charge in [0, 0.05) is 19.5 Å². The fourth-order valence-corrected chi connectivity index (χ4v) is 2.98. The van der Waals surface area contributed by atoms with Crippen molar-refractivity contribution in [2.24, 2.45) is 0 Å². The van der Waals surface area contributed by atoms with E-state index in [1.54, 1.807) is 12.1 Å². The number of anilines is 1. The molecule has 0 aliphatic carbocycles. The number of rotatable bonds is 3. The monoisotopic (exact) mass is 283 g/mol. The lowest BCUT2D eigenvalue weighted by molar-refractivity contribution is 0.195. The molecule has 2 aromatic carbocycles. The summed E-state index contributed by atoms with van der Waals surface area (Å²) in [5.74, 6) is 1.12. The van der Waals surface area contributed by atoms with Crippen LogP contribution in [-0.2, 0) is 12.8 Å². The molecular weight excluding hydrogens is 262 g/mol. The van der Waals surface area contributed by atoms with E-state index in [0.717, 1.165) is 30.8 Å². The molecule has 0 aromatic heterocycles. The quantitative estimate of drug-likeness (QED) is 0.937. The molecule has 3 rings (SSSR count). The Hall–Kier alpha value is -2.16. The molecule has 0 fully saturated rings. The molecule has 1 N–H and O–H groups in total. The number of likely N-dealkylation sites (N-methyl/N-ethyl adjacent to an activating group) is 1. The molecule has 1 aliphatic rings. The number of fused-ring (bicyclic) bond motifs is 1. The van der Waals surface area contributed by atoms with Crippen molar-refractivity contribution in [3.63, 3.8) is 0 Å². The summed E-state index contributed by atoms with van der Waals surface area (Å²) in [6, 6.07) is 13.8. The number of aromatic hydroxyl groups is 1. The number of nitrogens with zero attached hydrogens (tertiary/aromatic N) is 1. The molecule has 0 radical (unpaired) electrons. The van der Waals surface area contributed by atoms with E-state index in [9.17, 15) is 5.11 Å². The third-order valence-electron chi connectivity index (χ3n) is 4.07. The zero-order valence-corrected chi connectivity index (χ0v) is 12.5. The fraction of sp³-hybridized carbons (Fsp3) is 0.333. The summed E-state index contributed by atoms with van der Waals surface area (Å²) in [5.41, 5.74) is 3.70. The SMILES string of the molecule is CCc1ccccc1CC1CN(C)c2cc(O)ccc2O1. The van der Waals surface area contributed by atoms with Gasteiger partial charge in [0.2, 0.25) is 0 Å². The lowest BCUT2D eigenvalue weighted by Gasteiger charge is -2.34. The van der Waals surface area contributed by atoms with Crippen molar-refractivity contribution < 1.29 is 9.84 Å². The smallest absolute Gasteiger partial charge is 0.143 e. The minimum atomic E-state index is 0.139. The maximum absolute atomic E-state index is 9.59. The molecule has 3 nitrogen and oxygen atoms in total. The molecule has 0 bridgehead atoms. The summed E-state index contributed by atoms with van der Waals surface area (Å²) in [5, 5.41) is 9.59. The predicted octanol–water partition coefficient (Wildman–Crippen LogP) is 3.39. The van der Waals surface area contributed by atoms with Crippen LogP contribution in [0.25, 0.3) is 0 Å². The van der Waals surface area contributed by atoms with Crippen LogP contribution in [0.2, 0.25) is 0 Å². The molecule has 110 valence electrons. The van der Waals surface area contributed by atoms with E-state index in [2.05, 4.69) is 36.1 Å². The van der Waals surface area contributed by atoms with Gasteiger partial charge in [0.15, 0.2) is 0 Å². The maximum Gasteiger partial charge on any atom is 0.143 e. The second kappa shape index (κ2) is 5.68. The van der Waals surface area contributed by atoms with Gasteiger partial charge >= 0.3 is 0 Å². The molecule has 0 saturated carbocycles. The molecule has 0 amide bonds. The molecule has 3 heteroatoms. The van der Waals surface area contributed by atoms with Crippen molar-refractivity contribution in [2.75, 3.05) is 18.5 Å². The molecule has 0 saturated heterocycles. The minimum Gasteiger partial charge on any atom is -0.508 e. The van der Waals surface area contributed by atoms with Crippen molar-refractivity contribution in [3.8, 4) is 11.5 Å². The number of phenolic OH excluding ortho intramolecular Hbond substituents is 1. The van der Waals surface area contributed by atoms with Gasteiger partial charge in [-0.1, -0.05) is 31.2 Å². The molecule has 21 heavy (non-hydrogen) atoms. The zero-order chi connectivity index (χ0) is 14.8. The third-order valence-corrected chi connectivity index (χ3v) is 4.07. The highest BCUT2D eigenvalue weighted by Gasteiger charge is 2.24. The highest BCUT2D eigenvalue weighted by Crippen LogP contribution is 2.35. The lowest BCUT2D eigenvalue weighted by Crippen LogP contribution is -2.39. The van der Waals surface area contributed by atoms with Gasteiger partial charge < -0.3 is 14.7 Å².